The summed E-state index contributed by atoms with van der Waals surface area (Å²) >= 11 is 0. The van der Waals surface area contributed by atoms with E-state index in [0.29, 0.717) is 34.3 Å². The Kier molecular flexibility index (Phi) is 7.98. The molecule has 168 valence electrons. The summed E-state index contributed by atoms with van der Waals surface area (Å²) in [5.41, 5.74) is 1.54. The summed E-state index contributed by atoms with van der Waals surface area (Å²) < 4.78 is 26.7. The molecular weight excluding hydrogens is 426 g/mol. The Labute approximate surface area is 187 Å². The van der Waals surface area contributed by atoms with Gasteiger partial charge < -0.3 is 10.1 Å². The number of pyridine rings is 1. The van der Waals surface area contributed by atoms with Crippen LogP contribution in [0, 0.1) is 11.3 Å². The Morgan fingerprint density at radius 3 is 2.31 bits per heavy atom. The van der Waals surface area contributed by atoms with Crippen LogP contribution in [-0.2, 0) is 16.6 Å². The topological polar surface area (TPSA) is 125 Å². The summed E-state index contributed by atoms with van der Waals surface area (Å²) in [4.78, 5) is 11.6. The number of nitrogens with zero attached hydrogens (tertiary/aromatic N) is 4. The lowest BCUT2D eigenvalue weighted by Gasteiger charge is -2.06. The first-order valence-corrected chi connectivity index (χ1v) is 12.1. The maximum atomic E-state index is 12.8. The molecule has 3 heterocycles. The first-order chi connectivity index (χ1) is 15.5. The number of fused-ring (bicyclic) bond motifs is 3. The molecule has 0 amide bonds. The van der Waals surface area contributed by atoms with Gasteiger partial charge in [0.05, 0.1) is 22.7 Å². The van der Waals surface area contributed by atoms with Crippen LogP contribution in [0.2, 0.25) is 0 Å². The number of aliphatic hydroxyl groups is 1. The van der Waals surface area contributed by atoms with Gasteiger partial charge in [0.1, 0.15) is 17.9 Å². The Morgan fingerprint density at radius 2 is 1.75 bits per heavy atom. The smallest absolute Gasteiger partial charge is 0.269 e. The van der Waals surface area contributed by atoms with Crippen LogP contribution in [0.4, 0.5) is 0 Å². The molecular formula is C23H27N5O3S. The van der Waals surface area contributed by atoms with Gasteiger partial charge >= 0.3 is 0 Å². The average Bonchev–Trinajstić information content (AvgIpc) is 3.60. The van der Waals surface area contributed by atoms with Crippen LogP contribution in [-0.4, -0.2) is 32.4 Å². The molecule has 0 saturated heterocycles. The van der Waals surface area contributed by atoms with E-state index >= 15 is 0 Å². The predicted molar refractivity (Wildman–Crippen MR) is 123 cm³/mol. The molecule has 32 heavy (non-hydrogen) atoms. The second-order valence-corrected chi connectivity index (χ2v) is 9.12. The zero-order chi connectivity index (χ0) is 23.0. The fourth-order valence-electron chi connectivity index (χ4n) is 3.44. The van der Waals surface area contributed by atoms with Gasteiger partial charge in [0.25, 0.3) is 10.0 Å². The molecule has 0 atom stereocenters. The summed E-state index contributed by atoms with van der Waals surface area (Å²) in [7, 11) is -3.72. The zero-order valence-corrected chi connectivity index (χ0v) is 18.8. The number of H-pyrrole nitrogens is 1. The molecule has 4 aromatic rings. The van der Waals surface area contributed by atoms with Crippen molar-refractivity contribution < 1.29 is 13.5 Å². The minimum Gasteiger partial charge on any atom is -0.388 e. The van der Waals surface area contributed by atoms with Gasteiger partial charge in [-0.05, 0) is 18.2 Å². The van der Waals surface area contributed by atoms with Gasteiger partial charge in [-0.15, -0.1) is 0 Å². The molecule has 0 aliphatic heterocycles. The fraction of sp³-hybridized carbons (Fsp3) is 0.348. The Balaban J connectivity index is 0.000000270. The minimum atomic E-state index is -3.72. The van der Waals surface area contributed by atoms with Gasteiger partial charge in [0.15, 0.2) is 5.65 Å². The molecule has 9 heteroatoms. The van der Waals surface area contributed by atoms with Crippen molar-refractivity contribution >= 4 is 32.1 Å². The summed E-state index contributed by atoms with van der Waals surface area (Å²) in [6.45, 7) is 1.60. The van der Waals surface area contributed by atoms with Crippen molar-refractivity contribution in [1.82, 2.24) is 18.9 Å². The standard InChI is InChI=1S/C15H12N4O3S.C5H10.C3H5N/c20-9-13-17-12-8-16-15-11(14(12)18-13)6-7-19(15)23(21,22)10-4-2-1-3-5-10;1-2-4-5-3-1;1-2-3-4/h1-8,20H,9H2,(H,17,18);1-5H2;2H2,1H3. The van der Waals surface area contributed by atoms with Crippen molar-refractivity contribution in [2.45, 2.75) is 57.0 Å². The third-order valence-electron chi connectivity index (χ3n) is 5.04. The van der Waals surface area contributed by atoms with Gasteiger partial charge in [0, 0.05) is 18.0 Å². The molecule has 1 aromatic carbocycles. The second-order valence-electron chi connectivity index (χ2n) is 7.31. The van der Waals surface area contributed by atoms with E-state index in [4.69, 9.17) is 5.26 Å². The van der Waals surface area contributed by atoms with Gasteiger partial charge in [-0.3, -0.25) is 0 Å². The normalized spacial score (nSPS) is 13.2. The first kappa shape index (κ1) is 23.4. The highest BCUT2D eigenvalue weighted by Crippen LogP contribution is 2.26. The molecule has 0 radical (unpaired) electrons. The summed E-state index contributed by atoms with van der Waals surface area (Å²) in [6.07, 6.45) is 11.1. The highest BCUT2D eigenvalue weighted by molar-refractivity contribution is 7.90. The zero-order valence-electron chi connectivity index (χ0n) is 18.0. The van der Waals surface area contributed by atoms with Gasteiger partial charge in [-0.2, -0.15) is 5.26 Å². The Morgan fingerprint density at radius 1 is 1.12 bits per heavy atom. The van der Waals surface area contributed by atoms with Crippen molar-refractivity contribution in [3.63, 3.8) is 0 Å². The predicted octanol–water partition coefficient (Wildman–Crippen LogP) is 4.51. The fourth-order valence-corrected chi connectivity index (χ4v) is 4.76. The molecule has 1 aliphatic rings. The van der Waals surface area contributed by atoms with Crippen molar-refractivity contribution in [3.05, 3.63) is 54.6 Å². The van der Waals surface area contributed by atoms with E-state index in [0.717, 1.165) is 3.97 Å². The number of benzene rings is 1. The van der Waals surface area contributed by atoms with Crippen LogP contribution >= 0.6 is 0 Å². The summed E-state index contributed by atoms with van der Waals surface area (Å²) in [6, 6.07) is 11.8. The number of aromatic amines is 1. The molecule has 8 nitrogen and oxygen atoms in total. The van der Waals surface area contributed by atoms with Crippen molar-refractivity contribution in [2.24, 2.45) is 0 Å². The van der Waals surface area contributed by atoms with Gasteiger partial charge in [-0.25, -0.2) is 22.4 Å². The maximum absolute atomic E-state index is 12.8. The first-order valence-electron chi connectivity index (χ1n) is 10.7. The highest BCUT2D eigenvalue weighted by atomic mass is 32.2. The lowest BCUT2D eigenvalue weighted by atomic mass is 10.3. The molecule has 1 aliphatic carbocycles. The van der Waals surface area contributed by atoms with Crippen LogP contribution < -0.4 is 0 Å². The third-order valence-corrected chi connectivity index (χ3v) is 6.72. The summed E-state index contributed by atoms with van der Waals surface area (Å²) in [5.74, 6) is 0.410. The van der Waals surface area contributed by atoms with Crippen LogP contribution in [0.15, 0.2) is 53.7 Å². The van der Waals surface area contributed by atoms with E-state index in [9.17, 15) is 13.5 Å². The molecule has 1 saturated carbocycles. The van der Waals surface area contributed by atoms with Crippen molar-refractivity contribution in [3.8, 4) is 6.07 Å². The van der Waals surface area contributed by atoms with Crippen molar-refractivity contribution in [2.75, 3.05) is 0 Å². The largest absolute Gasteiger partial charge is 0.388 e. The second kappa shape index (κ2) is 10.9. The van der Waals surface area contributed by atoms with E-state index in [2.05, 4.69) is 15.0 Å². The lowest BCUT2D eigenvalue weighted by molar-refractivity contribution is 0.273. The van der Waals surface area contributed by atoms with Gasteiger partial charge in [0.2, 0.25) is 0 Å². The number of aromatic nitrogens is 4. The molecule has 1 fully saturated rings. The lowest BCUT2D eigenvalue weighted by Crippen LogP contribution is -2.12. The Hall–Kier alpha value is -3.22. The van der Waals surface area contributed by atoms with Crippen molar-refractivity contribution in [1.29, 1.82) is 5.26 Å². The molecule has 0 unspecified atom stereocenters. The van der Waals surface area contributed by atoms with E-state index in [1.165, 1.54) is 56.6 Å². The number of nitrogens with one attached hydrogen (secondary N) is 1. The highest BCUT2D eigenvalue weighted by Gasteiger charge is 2.21. The van der Waals surface area contributed by atoms with Crippen LogP contribution in [0.1, 0.15) is 51.3 Å². The van der Waals surface area contributed by atoms with E-state index in [1.807, 2.05) is 13.0 Å². The van der Waals surface area contributed by atoms with E-state index in [1.54, 1.807) is 24.3 Å². The minimum absolute atomic E-state index is 0.192. The summed E-state index contributed by atoms with van der Waals surface area (Å²) in [5, 5.41) is 17.4. The van der Waals surface area contributed by atoms with Crippen LogP contribution in [0.5, 0.6) is 0 Å². The molecule has 0 bridgehead atoms. The average molecular weight is 454 g/mol. The molecule has 5 rings (SSSR count). The SMILES string of the molecule is C1CCCC1.CCC#N.O=S(=O)(c1ccccc1)n1ccc2c3nc(CO)[nH]c3cnc21. The van der Waals surface area contributed by atoms with Crippen LogP contribution in [0.3, 0.4) is 0 Å². The third kappa shape index (κ3) is 5.15. The number of hydrogen-bond donors (Lipinski definition) is 2. The molecule has 2 N–H and O–H groups in total. The maximum Gasteiger partial charge on any atom is 0.269 e. The number of rotatable bonds is 3. The number of imidazole rings is 1. The quantitative estimate of drug-likeness (QED) is 0.470. The Bertz CT molecular complexity index is 1290. The van der Waals surface area contributed by atoms with Crippen LogP contribution in [0.25, 0.3) is 22.1 Å². The molecule has 0 spiro atoms. The van der Waals surface area contributed by atoms with E-state index in [-0.39, 0.29) is 11.5 Å². The van der Waals surface area contributed by atoms with E-state index < -0.39 is 10.0 Å². The van der Waals surface area contributed by atoms with Gasteiger partial charge in [-0.1, -0.05) is 57.2 Å². The number of nitriles is 1. The monoisotopic (exact) mass is 453 g/mol. The number of aliphatic hydroxyl groups excluding tert-OH is 1. The number of hydrogen-bond acceptors (Lipinski definition) is 6. The molecule has 3 aromatic heterocycles.